The van der Waals surface area contributed by atoms with Crippen LogP contribution in [0.25, 0.3) is 0 Å². The van der Waals surface area contributed by atoms with Crippen molar-refractivity contribution in [2.24, 2.45) is 0 Å². The van der Waals surface area contributed by atoms with E-state index in [2.05, 4.69) is 9.71 Å². The van der Waals surface area contributed by atoms with E-state index in [0.717, 1.165) is 10.7 Å². The Morgan fingerprint density at radius 1 is 1.29 bits per heavy atom. The molecule has 0 amide bonds. The molecule has 0 saturated heterocycles. The van der Waals surface area contributed by atoms with Crippen LogP contribution in [-0.2, 0) is 27.8 Å². The first-order valence-electron chi connectivity index (χ1n) is 7.40. The van der Waals surface area contributed by atoms with E-state index in [1.807, 2.05) is 5.38 Å². The van der Waals surface area contributed by atoms with Gasteiger partial charge in [0, 0.05) is 31.5 Å². The van der Waals surface area contributed by atoms with Crippen LogP contribution >= 0.6 is 11.3 Å². The van der Waals surface area contributed by atoms with Crippen molar-refractivity contribution in [3.63, 3.8) is 0 Å². The lowest BCUT2D eigenvalue weighted by molar-refractivity contribution is 0.171. The van der Waals surface area contributed by atoms with Crippen LogP contribution in [0.1, 0.15) is 10.7 Å². The highest BCUT2D eigenvalue weighted by atomic mass is 32.2. The number of fused-ring (bicyclic) bond motifs is 1. The Kier molecular flexibility index (Phi) is 5.34. The standard InChI is InChI=1S/C15H18N2O5S2/c1-20-9-15-17-11(10-23-15)4-5-16-24(18,19)12-2-3-13-14(8-12)22-7-6-21-13/h2-3,8,10,16H,4-7,9H2,1H3. The van der Waals surface area contributed by atoms with Crippen LogP contribution in [0, 0.1) is 0 Å². The SMILES string of the molecule is COCc1nc(CCNS(=O)(=O)c2ccc3c(c2)OCCO3)cs1. The van der Waals surface area contributed by atoms with Crippen molar-refractivity contribution >= 4 is 21.4 Å². The number of aromatic nitrogens is 1. The molecule has 0 radical (unpaired) electrons. The van der Waals surface area contributed by atoms with Gasteiger partial charge in [-0.3, -0.25) is 0 Å². The van der Waals surface area contributed by atoms with Gasteiger partial charge in [0.05, 0.1) is 17.2 Å². The molecule has 0 unspecified atom stereocenters. The van der Waals surface area contributed by atoms with Gasteiger partial charge >= 0.3 is 0 Å². The van der Waals surface area contributed by atoms with Gasteiger partial charge in [-0.15, -0.1) is 11.3 Å². The molecule has 2 aromatic rings. The fraction of sp³-hybridized carbons (Fsp3) is 0.400. The highest BCUT2D eigenvalue weighted by molar-refractivity contribution is 7.89. The Balaban J connectivity index is 1.61. The number of hydrogen-bond acceptors (Lipinski definition) is 7. The minimum atomic E-state index is -3.60. The van der Waals surface area contributed by atoms with Crippen LogP contribution in [-0.4, -0.2) is 40.3 Å². The molecule has 7 nitrogen and oxygen atoms in total. The summed E-state index contributed by atoms with van der Waals surface area (Å²) in [5, 5.41) is 2.79. The molecule has 0 bridgehead atoms. The van der Waals surface area contributed by atoms with Crippen LogP contribution in [0.5, 0.6) is 11.5 Å². The van der Waals surface area contributed by atoms with Crippen LogP contribution < -0.4 is 14.2 Å². The van der Waals surface area contributed by atoms with Gasteiger partial charge < -0.3 is 14.2 Å². The van der Waals surface area contributed by atoms with Gasteiger partial charge in [0.25, 0.3) is 0 Å². The lowest BCUT2D eigenvalue weighted by Gasteiger charge is -2.18. The maximum Gasteiger partial charge on any atom is 0.240 e. The number of nitrogens with zero attached hydrogens (tertiary/aromatic N) is 1. The first kappa shape index (κ1) is 17.2. The molecular formula is C15H18N2O5S2. The van der Waals surface area contributed by atoms with Gasteiger partial charge in [-0.05, 0) is 12.1 Å². The number of sulfonamides is 1. The van der Waals surface area contributed by atoms with E-state index in [1.54, 1.807) is 13.2 Å². The average molecular weight is 370 g/mol. The molecule has 2 heterocycles. The molecule has 0 fully saturated rings. The predicted octanol–water partition coefficient (Wildman–Crippen LogP) is 1.58. The van der Waals surface area contributed by atoms with Crippen LogP contribution in [0.15, 0.2) is 28.5 Å². The minimum Gasteiger partial charge on any atom is -0.486 e. The fourth-order valence-electron chi connectivity index (χ4n) is 2.24. The van der Waals surface area contributed by atoms with Crippen molar-refractivity contribution in [1.29, 1.82) is 0 Å². The molecule has 1 aromatic carbocycles. The summed E-state index contributed by atoms with van der Waals surface area (Å²) >= 11 is 1.50. The van der Waals surface area contributed by atoms with Crippen molar-refractivity contribution in [2.45, 2.75) is 17.9 Å². The largest absolute Gasteiger partial charge is 0.486 e. The second-order valence-electron chi connectivity index (χ2n) is 5.12. The second-order valence-corrected chi connectivity index (χ2v) is 7.83. The predicted molar refractivity (Wildman–Crippen MR) is 89.2 cm³/mol. The highest BCUT2D eigenvalue weighted by Gasteiger charge is 2.19. The van der Waals surface area contributed by atoms with E-state index in [-0.39, 0.29) is 11.4 Å². The summed E-state index contributed by atoms with van der Waals surface area (Å²) in [6.45, 7) is 1.62. The van der Waals surface area contributed by atoms with E-state index >= 15 is 0 Å². The summed E-state index contributed by atoms with van der Waals surface area (Å²) in [6, 6.07) is 4.60. The molecular weight excluding hydrogens is 352 g/mol. The zero-order valence-corrected chi connectivity index (χ0v) is 14.8. The maximum atomic E-state index is 12.4. The summed E-state index contributed by atoms with van der Waals surface area (Å²) in [7, 11) is -1.99. The van der Waals surface area contributed by atoms with Crippen molar-refractivity contribution in [1.82, 2.24) is 9.71 Å². The van der Waals surface area contributed by atoms with E-state index in [9.17, 15) is 8.42 Å². The Morgan fingerprint density at radius 2 is 2.08 bits per heavy atom. The second kappa shape index (κ2) is 7.47. The lowest BCUT2D eigenvalue weighted by Crippen LogP contribution is -2.26. The van der Waals surface area contributed by atoms with Gasteiger partial charge in [0.2, 0.25) is 10.0 Å². The molecule has 1 aliphatic rings. The number of nitrogens with one attached hydrogen (secondary N) is 1. The monoisotopic (exact) mass is 370 g/mol. The van der Waals surface area contributed by atoms with Crippen LogP contribution in [0.2, 0.25) is 0 Å². The molecule has 0 spiro atoms. The molecule has 1 N–H and O–H groups in total. The Morgan fingerprint density at radius 3 is 2.88 bits per heavy atom. The zero-order chi connectivity index (χ0) is 17.0. The molecule has 0 saturated carbocycles. The molecule has 24 heavy (non-hydrogen) atoms. The van der Waals surface area contributed by atoms with Crippen LogP contribution in [0.4, 0.5) is 0 Å². The van der Waals surface area contributed by atoms with Crippen LogP contribution in [0.3, 0.4) is 0 Å². The Bertz CT molecular complexity index is 804. The number of rotatable bonds is 7. The van der Waals surface area contributed by atoms with Crippen molar-refractivity contribution in [3.8, 4) is 11.5 Å². The van der Waals surface area contributed by atoms with E-state index in [4.69, 9.17) is 14.2 Å². The number of hydrogen-bond donors (Lipinski definition) is 1. The molecule has 3 rings (SSSR count). The van der Waals surface area contributed by atoms with Gasteiger partial charge in [-0.1, -0.05) is 0 Å². The van der Waals surface area contributed by atoms with E-state index < -0.39 is 10.0 Å². The first-order valence-corrected chi connectivity index (χ1v) is 9.76. The number of benzene rings is 1. The third kappa shape index (κ3) is 4.04. The van der Waals surface area contributed by atoms with Crippen molar-refractivity contribution in [3.05, 3.63) is 34.3 Å². The maximum absolute atomic E-state index is 12.4. The lowest BCUT2D eigenvalue weighted by atomic mass is 10.3. The van der Waals surface area contributed by atoms with Gasteiger partial charge in [-0.2, -0.15) is 0 Å². The normalized spacial score (nSPS) is 13.9. The molecule has 1 aliphatic heterocycles. The minimum absolute atomic E-state index is 0.157. The first-order chi connectivity index (χ1) is 11.6. The number of thiazole rings is 1. The van der Waals surface area contributed by atoms with Crippen molar-refractivity contribution in [2.75, 3.05) is 26.9 Å². The Hall–Kier alpha value is -1.68. The average Bonchev–Trinajstić information content (AvgIpc) is 3.02. The topological polar surface area (TPSA) is 86.8 Å². The smallest absolute Gasteiger partial charge is 0.240 e. The molecule has 0 aliphatic carbocycles. The van der Waals surface area contributed by atoms with E-state index in [1.165, 1.54) is 23.5 Å². The summed E-state index contributed by atoms with van der Waals surface area (Å²) in [5.74, 6) is 1.01. The summed E-state index contributed by atoms with van der Waals surface area (Å²) < 4.78 is 43.2. The van der Waals surface area contributed by atoms with Gasteiger partial charge in [0.1, 0.15) is 18.2 Å². The number of ether oxygens (including phenoxy) is 3. The van der Waals surface area contributed by atoms with E-state index in [0.29, 0.717) is 37.7 Å². The summed E-state index contributed by atoms with van der Waals surface area (Å²) in [5.41, 5.74) is 0.844. The third-order valence-corrected chi connectivity index (χ3v) is 5.69. The summed E-state index contributed by atoms with van der Waals surface area (Å²) in [6.07, 6.45) is 0.518. The number of methoxy groups -OCH3 is 1. The van der Waals surface area contributed by atoms with Crippen molar-refractivity contribution < 1.29 is 22.6 Å². The summed E-state index contributed by atoms with van der Waals surface area (Å²) in [4.78, 5) is 4.53. The molecule has 130 valence electrons. The van der Waals surface area contributed by atoms with Gasteiger partial charge in [0.15, 0.2) is 11.5 Å². The fourth-order valence-corrected chi connectivity index (χ4v) is 4.09. The zero-order valence-electron chi connectivity index (χ0n) is 13.1. The quantitative estimate of drug-likeness (QED) is 0.796. The molecule has 1 aromatic heterocycles. The highest BCUT2D eigenvalue weighted by Crippen LogP contribution is 2.32. The van der Waals surface area contributed by atoms with Gasteiger partial charge in [-0.25, -0.2) is 18.1 Å². The third-order valence-electron chi connectivity index (χ3n) is 3.36. The molecule has 9 heteroatoms. The molecule has 0 atom stereocenters. The Labute approximate surface area is 144 Å².